The summed E-state index contributed by atoms with van der Waals surface area (Å²) in [6, 6.07) is 15.0. The van der Waals surface area contributed by atoms with E-state index in [1.54, 1.807) is 41.4 Å². The molecule has 1 aliphatic heterocycles. The van der Waals surface area contributed by atoms with Crippen molar-refractivity contribution in [2.24, 2.45) is 23.3 Å². The number of pyridine rings is 1. The number of tetrazole rings is 1. The van der Waals surface area contributed by atoms with Gasteiger partial charge in [0.2, 0.25) is 17.7 Å². The number of nitrogens with zero attached hydrogens (tertiary/aromatic N) is 5. The van der Waals surface area contributed by atoms with Gasteiger partial charge in [-0.2, -0.15) is 0 Å². The van der Waals surface area contributed by atoms with Crippen LogP contribution < -0.4 is 27.0 Å². The summed E-state index contributed by atoms with van der Waals surface area (Å²) >= 11 is 0. The van der Waals surface area contributed by atoms with Gasteiger partial charge in [0.25, 0.3) is 5.91 Å². The summed E-state index contributed by atoms with van der Waals surface area (Å²) in [5.74, 6) is -0.697. The lowest BCUT2D eigenvalue weighted by Crippen LogP contribution is -2.52. The molecule has 268 valence electrons. The lowest BCUT2D eigenvalue weighted by Gasteiger charge is -2.35. The molecular formula is C36H43ClN10O4. The second-order valence-corrected chi connectivity index (χ2v) is 13.1. The second kappa shape index (κ2) is 16.7. The van der Waals surface area contributed by atoms with Gasteiger partial charge in [-0.05, 0) is 115 Å². The number of carbonyl (C=O) groups excluding carboxylic acids is 4. The van der Waals surface area contributed by atoms with Crippen molar-refractivity contribution in [2.45, 2.75) is 64.0 Å². The number of aromatic amines is 1. The second-order valence-electron chi connectivity index (χ2n) is 13.1. The number of aryl methyl sites for hydroxylation is 1. The molecule has 4 amide bonds. The molecule has 0 spiro atoms. The predicted molar refractivity (Wildman–Crippen MR) is 193 cm³/mol. The SMILES string of the molecule is Cc1cc(C(=O)N[C@@H]2CCCNC2=O)ncc1-c1ccc(C[C@@H](C(N)=O)N(c2ccc(-c3nnn[nH]3)cc2)C(=O)[C@H]2CC[C@H](CN)CC2)cc1.Cl. The third-order valence-corrected chi connectivity index (χ3v) is 9.80. The molecule has 2 aromatic carbocycles. The Balaban J connectivity index is 0.00000504. The minimum absolute atomic E-state index is 0. The van der Waals surface area contributed by atoms with Crippen LogP contribution >= 0.6 is 12.4 Å². The van der Waals surface area contributed by atoms with Crippen LogP contribution in [0, 0.1) is 18.8 Å². The number of amides is 4. The van der Waals surface area contributed by atoms with Crippen molar-refractivity contribution in [2.75, 3.05) is 18.0 Å². The Morgan fingerprint density at radius 2 is 1.71 bits per heavy atom. The predicted octanol–water partition coefficient (Wildman–Crippen LogP) is 2.86. The number of rotatable bonds is 11. The number of nitrogens with one attached hydrogen (secondary N) is 3. The molecule has 2 atom stereocenters. The average Bonchev–Trinajstić information content (AvgIpc) is 3.68. The summed E-state index contributed by atoms with van der Waals surface area (Å²) in [5.41, 5.74) is 16.8. The van der Waals surface area contributed by atoms with Gasteiger partial charge < -0.3 is 22.1 Å². The first-order valence-corrected chi connectivity index (χ1v) is 17.0. The molecule has 2 fully saturated rings. The Hall–Kier alpha value is -5.21. The van der Waals surface area contributed by atoms with E-state index in [1.807, 2.05) is 31.2 Å². The highest BCUT2D eigenvalue weighted by molar-refractivity contribution is 6.02. The van der Waals surface area contributed by atoms with Crippen LogP contribution in [0.1, 0.15) is 60.1 Å². The maximum Gasteiger partial charge on any atom is 0.270 e. The molecule has 15 heteroatoms. The average molecular weight is 715 g/mol. The van der Waals surface area contributed by atoms with Crippen molar-refractivity contribution >= 4 is 41.7 Å². The van der Waals surface area contributed by atoms with Gasteiger partial charge >= 0.3 is 0 Å². The quantitative estimate of drug-likeness (QED) is 0.154. The zero-order chi connectivity index (χ0) is 35.2. The molecule has 2 aliphatic rings. The third kappa shape index (κ3) is 8.58. The van der Waals surface area contributed by atoms with Crippen LogP contribution in [0.5, 0.6) is 0 Å². The summed E-state index contributed by atoms with van der Waals surface area (Å²) < 4.78 is 0. The summed E-state index contributed by atoms with van der Waals surface area (Å²) in [6.07, 6.45) is 6.36. The highest BCUT2D eigenvalue weighted by Crippen LogP contribution is 2.33. The molecular weight excluding hydrogens is 672 g/mol. The monoisotopic (exact) mass is 714 g/mol. The van der Waals surface area contributed by atoms with Crippen LogP contribution in [0.4, 0.5) is 5.69 Å². The van der Waals surface area contributed by atoms with Gasteiger partial charge in [0, 0.05) is 41.9 Å². The third-order valence-electron chi connectivity index (χ3n) is 9.80. The molecule has 0 bridgehead atoms. The fourth-order valence-electron chi connectivity index (χ4n) is 6.85. The van der Waals surface area contributed by atoms with E-state index >= 15 is 0 Å². The number of H-pyrrole nitrogens is 1. The number of benzene rings is 2. The topological polar surface area (TPSA) is 215 Å². The van der Waals surface area contributed by atoms with Crippen molar-refractivity contribution < 1.29 is 19.2 Å². The number of aromatic nitrogens is 5. The Bertz CT molecular complexity index is 1830. The first-order valence-electron chi connectivity index (χ1n) is 17.0. The van der Waals surface area contributed by atoms with Crippen molar-refractivity contribution in [1.82, 2.24) is 36.2 Å². The zero-order valence-corrected chi connectivity index (χ0v) is 29.2. The standard InChI is InChI=1S/C36H42N10O4.ClH/c1-21-17-30(35(49)41-29-3-2-16-39-34(29)48)40-20-28(21)24-8-4-22(5-9-24)18-31(32(38)47)46(36(50)26-10-6-23(19-37)7-11-26)27-14-12-25(13-15-27)33-42-44-45-43-33;/h4-5,8-9,12-15,17,20,23,26,29,31H,2-3,6-7,10-11,16,18-19,37H2,1H3,(H2,38,47)(H,39,48)(H,41,49)(H,42,43,44,45);1H/t23-,26-,29-,31+;/m1./s1. The lowest BCUT2D eigenvalue weighted by atomic mass is 9.81. The van der Waals surface area contributed by atoms with Gasteiger partial charge in [-0.25, -0.2) is 5.10 Å². The number of halogens is 1. The Labute approximate surface area is 301 Å². The fraction of sp³-hybridized carbons (Fsp3) is 0.389. The summed E-state index contributed by atoms with van der Waals surface area (Å²) in [5, 5.41) is 19.5. The van der Waals surface area contributed by atoms with Crippen LogP contribution in [-0.4, -0.2) is 74.4 Å². The van der Waals surface area contributed by atoms with Gasteiger partial charge in [0.05, 0.1) is 0 Å². The molecule has 1 saturated heterocycles. The molecule has 6 rings (SSSR count). The normalized spacial score (nSPS) is 19.3. The summed E-state index contributed by atoms with van der Waals surface area (Å²) in [7, 11) is 0. The Morgan fingerprint density at radius 3 is 2.31 bits per heavy atom. The van der Waals surface area contributed by atoms with Crippen molar-refractivity contribution in [3.63, 3.8) is 0 Å². The molecule has 14 nitrogen and oxygen atoms in total. The first-order chi connectivity index (χ1) is 24.2. The lowest BCUT2D eigenvalue weighted by molar-refractivity contribution is -0.127. The van der Waals surface area contributed by atoms with Gasteiger partial charge in [-0.15, -0.1) is 17.5 Å². The van der Waals surface area contributed by atoms with E-state index in [0.717, 1.165) is 47.1 Å². The largest absolute Gasteiger partial charge is 0.368 e. The van der Waals surface area contributed by atoms with E-state index in [0.29, 0.717) is 49.8 Å². The zero-order valence-electron chi connectivity index (χ0n) is 28.4. The molecule has 1 saturated carbocycles. The number of hydrogen-bond acceptors (Lipinski definition) is 9. The maximum atomic E-state index is 14.2. The molecule has 4 aromatic rings. The van der Waals surface area contributed by atoms with Crippen LogP contribution in [-0.2, 0) is 20.8 Å². The summed E-state index contributed by atoms with van der Waals surface area (Å²) in [4.78, 5) is 58.2. The van der Waals surface area contributed by atoms with E-state index < -0.39 is 23.9 Å². The van der Waals surface area contributed by atoms with Gasteiger partial charge in [-0.1, -0.05) is 24.3 Å². The molecule has 0 unspecified atom stereocenters. The van der Waals surface area contributed by atoms with Crippen molar-refractivity contribution in [1.29, 1.82) is 0 Å². The van der Waals surface area contributed by atoms with Gasteiger partial charge in [0.1, 0.15) is 17.8 Å². The van der Waals surface area contributed by atoms with Gasteiger partial charge in [0.15, 0.2) is 5.82 Å². The van der Waals surface area contributed by atoms with Crippen LogP contribution in [0.15, 0.2) is 60.8 Å². The molecule has 1 aliphatic carbocycles. The number of primary amides is 1. The van der Waals surface area contributed by atoms with E-state index in [1.165, 1.54) is 0 Å². The molecule has 0 radical (unpaired) electrons. The fourth-order valence-corrected chi connectivity index (χ4v) is 6.85. The first kappa shape index (κ1) is 37.1. The number of anilines is 1. The Kier molecular flexibility index (Phi) is 12.1. The Morgan fingerprint density at radius 1 is 1.00 bits per heavy atom. The number of piperidine rings is 1. The maximum absolute atomic E-state index is 14.2. The number of carbonyl (C=O) groups is 4. The summed E-state index contributed by atoms with van der Waals surface area (Å²) in [6.45, 7) is 3.11. The van der Waals surface area contributed by atoms with E-state index in [9.17, 15) is 19.2 Å². The van der Waals surface area contributed by atoms with E-state index in [4.69, 9.17) is 11.5 Å². The number of nitrogens with two attached hydrogens (primary N) is 2. The van der Waals surface area contributed by atoms with Gasteiger partial charge in [-0.3, -0.25) is 29.1 Å². The van der Waals surface area contributed by atoms with Crippen LogP contribution in [0.2, 0.25) is 0 Å². The molecule has 3 heterocycles. The minimum Gasteiger partial charge on any atom is -0.368 e. The van der Waals surface area contributed by atoms with Crippen molar-refractivity contribution in [3.05, 3.63) is 77.6 Å². The van der Waals surface area contributed by atoms with E-state index in [2.05, 4.69) is 36.2 Å². The van der Waals surface area contributed by atoms with E-state index in [-0.39, 0.29) is 42.3 Å². The molecule has 51 heavy (non-hydrogen) atoms. The minimum atomic E-state index is -0.939. The smallest absolute Gasteiger partial charge is 0.270 e. The van der Waals surface area contributed by atoms with Crippen molar-refractivity contribution in [3.8, 4) is 22.5 Å². The van der Waals surface area contributed by atoms with Crippen LogP contribution in [0.3, 0.4) is 0 Å². The van der Waals surface area contributed by atoms with Crippen LogP contribution in [0.25, 0.3) is 22.5 Å². The molecule has 2 aromatic heterocycles. The highest BCUT2D eigenvalue weighted by atomic mass is 35.5. The highest BCUT2D eigenvalue weighted by Gasteiger charge is 2.36. The number of hydrogen-bond donors (Lipinski definition) is 5. The molecule has 7 N–H and O–H groups in total.